The van der Waals surface area contributed by atoms with E-state index in [-0.39, 0.29) is 22.1 Å². The van der Waals surface area contributed by atoms with Crippen LogP contribution < -0.4 is 17.0 Å². The first-order chi connectivity index (χ1) is 9.91. The van der Waals surface area contributed by atoms with Gasteiger partial charge in [-0.25, -0.2) is 9.78 Å². The van der Waals surface area contributed by atoms with Gasteiger partial charge < -0.3 is 10.3 Å². The molecule has 2 heterocycles. The Balaban J connectivity index is 0.00000242. The predicted octanol–water partition coefficient (Wildman–Crippen LogP) is 1.17. The largest absolute Gasteiger partial charge is 0.379 e. The summed E-state index contributed by atoms with van der Waals surface area (Å²) in [6.07, 6.45) is 1.67. The molecule has 0 aliphatic carbocycles. The maximum atomic E-state index is 12.0. The quantitative estimate of drug-likeness (QED) is 0.270. The summed E-state index contributed by atoms with van der Waals surface area (Å²) in [7, 11) is 1.56. The van der Waals surface area contributed by atoms with Crippen molar-refractivity contribution in [3.8, 4) is 0 Å². The van der Waals surface area contributed by atoms with E-state index < -0.39 is 11.2 Å². The Morgan fingerprint density at radius 1 is 1.45 bits per heavy atom. The van der Waals surface area contributed by atoms with Gasteiger partial charge >= 0.3 is 5.69 Å². The summed E-state index contributed by atoms with van der Waals surface area (Å²) in [5, 5.41) is 7.23. The molecule has 0 spiro atoms. The Morgan fingerprint density at radius 3 is 2.77 bits per heavy atom. The first kappa shape index (κ1) is 19.0. The lowest BCUT2D eigenvalue weighted by Gasteiger charge is -2.05. The lowest BCUT2D eigenvalue weighted by atomic mass is 10.3. The maximum Gasteiger partial charge on any atom is 0.329 e. The van der Waals surface area contributed by atoms with Crippen LogP contribution in [0, 0.1) is 5.41 Å². The van der Waals surface area contributed by atoms with Crippen LogP contribution in [0.25, 0.3) is 11.2 Å². The Bertz CT molecular complexity index is 796. The van der Waals surface area contributed by atoms with Crippen LogP contribution in [0.3, 0.4) is 0 Å². The van der Waals surface area contributed by atoms with Crippen LogP contribution in [0.2, 0.25) is 0 Å². The molecule has 0 aromatic carbocycles. The molecule has 2 rings (SSSR count). The summed E-state index contributed by atoms with van der Waals surface area (Å²) in [6, 6.07) is 0. The van der Waals surface area contributed by atoms with Crippen LogP contribution in [0.4, 0.5) is 0 Å². The minimum absolute atomic E-state index is 0. The molecule has 0 saturated carbocycles. The van der Waals surface area contributed by atoms with Gasteiger partial charge in [0.2, 0.25) is 0 Å². The third kappa shape index (κ3) is 4.02. The molecule has 0 unspecified atom stereocenters. The summed E-state index contributed by atoms with van der Waals surface area (Å²) in [4.78, 5) is 30.0. The molecule has 0 amide bonds. The van der Waals surface area contributed by atoms with Crippen LogP contribution >= 0.6 is 44.7 Å². The fourth-order valence-corrected chi connectivity index (χ4v) is 3.06. The third-order valence-corrected chi connectivity index (χ3v) is 4.40. The van der Waals surface area contributed by atoms with E-state index >= 15 is 0 Å². The van der Waals surface area contributed by atoms with Crippen LogP contribution in [-0.2, 0) is 13.6 Å². The minimum Gasteiger partial charge on any atom is -0.379 e. The average molecular weight is 456 g/mol. The Hall–Kier alpha value is -1.07. The van der Waals surface area contributed by atoms with Crippen molar-refractivity contribution in [1.29, 1.82) is 5.41 Å². The van der Waals surface area contributed by atoms with Gasteiger partial charge in [-0.05, 0) is 28.8 Å². The number of nitrogens with one attached hydrogen (secondary N) is 2. The summed E-state index contributed by atoms with van der Waals surface area (Å²) in [6.45, 7) is 0.594. The minimum atomic E-state index is -0.484. The summed E-state index contributed by atoms with van der Waals surface area (Å²) in [5.41, 5.74) is 5.07. The van der Waals surface area contributed by atoms with E-state index in [0.717, 1.165) is 18.6 Å². The van der Waals surface area contributed by atoms with Gasteiger partial charge in [-0.3, -0.25) is 19.8 Å². The van der Waals surface area contributed by atoms with Gasteiger partial charge in [0.25, 0.3) is 5.56 Å². The number of rotatable bonds is 5. The molecule has 2 aromatic rings. The van der Waals surface area contributed by atoms with E-state index in [1.165, 1.54) is 16.3 Å². The Kier molecular flexibility index (Phi) is 6.88. The van der Waals surface area contributed by atoms with Crippen molar-refractivity contribution in [2.24, 2.45) is 12.8 Å². The normalized spacial score (nSPS) is 10.6. The molecule has 11 heteroatoms. The number of hydrogen-bond acceptors (Lipinski definition) is 5. The van der Waals surface area contributed by atoms with Gasteiger partial charge in [-0.15, -0.1) is 17.0 Å². The smallest absolute Gasteiger partial charge is 0.329 e. The van der Waals surface area contributed by atoms with Gasteiger partial charge in [0.1, 0.15) is 0 Å². The molecule has 2 aromatic heterocycles. The molecule has 22 heavy (non-hydrogen) atoms. The number of fused-ring (bicyclic) bond motifs is 1. The maximum absolute atomic E-state index is 12.0. The number of thioether (sulfide) groups is 1. The van der Waals surface area contributed by atoms with Crippen molar-refractivity contribution in [2.75, 3.05) is 5.75 Å². The topological polar surface area (TPSA) is 123 Å². The van der Waals surface area contributed by atoms with Crippen molar-refractivity contribution in [3.63, 3.8) is 0 Å². The number of nitrogens with two attached hydrogens (primary N) is 1. The molecule has 0 atom stereocenters. The molecule has 0 aliphatic heterocycles. The van der Waals surface area contributed by atoms with E-state index in [2.05, 4.69) is 25.9 Å². The third-order valence-electron chi connectivity index (χ3n) is 2.99. The number of halogens is 2. The highest BCUT2D eigenvalue weighted by molar-refractivity contribution is 9.10. The molecule has 0 aliphatic rings. The number of H-pyrrole nitrogens is 1. The van der Waals surface area contributed by atoms with Crippen LogP contribution in [-0.4, -0.2) is 30.0 Å². The van der Waals surface area contributed by atoms with Crippen molar-refractivity contribution in [1.82, 2.24) is 19.1 Å². The van der Waals surface area contributed by atoms with E-state index in [0.29, 0.717) is 22.4 Å². The lowest BCUT2D eigenvalue weighted by molar-refractivity contribution is 0.636. The highest BCUT2D eigenvalue weighted by Gasteiger charge is 2.15. The van der Waals surface area contributed by atoms with Gasteiger partial charge in [-0.2, -0.15) is 0 Å². The zero-order valence-corrected chi connectivity index (χ0v) is 15.9. The van der Waals surface area contributed by atoms with Crippen molar-refractivity contribution >= 4 is 61.0 Å². The van der Waals surface area contributed by atoms with Gasteiger partial charge in [0, 0.05) is 19.3 Å². The molecular formula is C11H16Br2N6O2S. The second-order valence-electron chi connectivity index (χ2n) is 4.44. The first-order valence-corrected chi connectivity index (χ1v) is 8.01. The van der Waals surface area contributed by atoms with Crippen molar-refractivity contribution < 1.29 is 0 Å². The number of hydrogen-bond donors (Lipinski definition) is 3. The highest BCUT2D eigenvalue weighted by Crippen LogP contribution is 2.17. The van der Waals surface area contributed by atoms with Crippen LogP contribution in [0.5, 0.6) is 0 Å². The summed E-state index contributed by atoms with van der Waals surface area (Å²) in [5.74, 6) is 0.758. The number of aromatic nitrogens is 4. The highest BCUT2D eigenvalue weighted by atomic mass is 79.9. The number of aryl methyl sites for hydroxylation is 2. The molecule has 0 saturated heterocycles. The van der Waals surface area contributed by atoms with Crippen molar-refractivity contribution in [2.45, 2.75) is 19.4 Å². The molecule has 0 radical (unpaired) electrons. The zero-order chi connectivity index (χ0) is 15.6. The summed E-state index contributed by atoms with van der Waals surface area (Å²) < 4.78 is 3.57. The summed E-state index contributed by atoms with van der Waals surface area (Å²) >= 11 is 4.61. The Morgan fingerprint density at radius 2 is 2.14 bits per heavy atom. The second kappa shape index (κ2) is 7.97. The second-order valence-corrected chi connectivity index (χ2v) is 6.29. The van der Waals surface area contributed by atoms with E-state index in [1.54, 1.807) is 11.6 Å². The zero-order valence-electron chi connectivity index (χ0n) is 11.8. The number of unbranched alkanes of at least 4 members (excludes halogenated alkanes) is 1. The molecule has 0 bridgehead atoms. The number of aromatic amines is 1. The van der Waals surface area contributed by atoms with Gasteiger partial charge in [-0.1, -0.05) is 11.8 Å². The van der Waals surface area contributed by atoms with Gasteiger partial charge in [0.15, 0.2) is 21.1 Å². The van der Waals surface area contributed by atoms with Crippen LogP contribution in [0.1, 0.15) is 12.8 Å². The van der Waals surface area contributed by atoms with E-state index in [4.69, 9.17) is 11.1 Å². The predicted molar refractivity (Wildman–Crippen MR) is 97.2 cm³/mol. The molecular weight excluding hydrogens is 440 g/mol. The number of imidazole rings is 1. The lowest BCUT2D eigenvalue weighted by Crippen LogP contribution is -2.29. The van der Waals surface area contributed by atoms with Crippen molar-refractivity contribution in [3.05, 3.63) is 25.6 Å². The first-order valence-electron chi connectivity index (χ1n) is 6.23. The molecule has 0 fully saturated rings. The van der Waals surface area contributed by atoms with Crippen LogP contribution in [0.15, 0.2) is 14.3 Å². The molecule has 4 N–H and O–H groups in total. The Labute approximate surface area is 148 Å². The molecule has 122 valence electrons. The fraction of sp³-hybridized carbons (Fsp3) is 0.455. The average Bonchev–Trinajstić information content (AvgIpc) is 2.73. The number of amidine groups is 1. The molecule has 8 nitrogen and oxygen atoms in total. The monoisotopic (exact) mass is 454 g/mol. The number of nitrogens with zero attached hydrogens (tertiary/aromatic N) is 3. The SMILES string of the molecule is Br.Cn1c(=O)[nH]c(=O)c2c1nc(Br)n2CCCCSC(=N)N. The van der Waals surface area contributed by atoms with E-state index in [1.807, 2.05) is 0 Å². The standard InChI is InChI=1S/C11H15BrN6O2S.BrH/c1-17-7-6(8(19)16-11(17)20)18(9(12)15-7)4-2-3-5-21-10(13)14;/h2-5H2,1H3,(H3,13,14)(H,16,19,20);1H. The van der Waals surface area contributed by atoms with E-state index in [9.17, 15) is 9.59 Å². The fourth-order valence-electron chi connectivity index (χ4n) is 1.97. The van der Waals surface area contributed by atoms with Gasteiger partial charge in [0.05, 0.1) is 0 Å².